The number of aromatic hydroxyl groups is 1. The van der Waals surface area contributed by atoms with E-state index in [1.54, 1.807) is 38.1 Å². The number of ketones is 1. The highest BCUT2D eigenvalue weighted by Crippen LogP contribution is 2.40. The summed E-state index contributed by atoms with van der Waals surface area (Å²) in [6.07, 6.45) is -1.33. The molecule has 0 aliphatic rings. The highest BCUT2D eigenvalue weighted by Gasteiger charge is 2.34. The average Bonchev–Trinajstić information content (AvgIpc) is 2.62. The van der Waals surface area contributed by atoms with Crippen LogP contribution >= 0.6 is 0 Å². The van der Waals surface area contributed by atoms with Gasteiger partial charge in [0, 0.05) is 23.3 Å². The molecule has 1 atom stereocenters. The number of benzene rings is 2. The fourth-order valence-electron chi connectivity index (χ4n) is 2.83. The predicted molar refractivity (Wildman–Crippen MR) is 103 cm³/mol. The third-order valence-electron chi connectivity index (χ3n) is 4.50. The van der Waals surface area contributed by atoms with Crippen LogP contribution in [0.2, 0.25) is 0 Å². The lowest BCUT2D eigenvalue weighted by atomic mass is 9.80. The molecule has 0 radical (unpaired) electrons. The quantitative estimate of drug-likeness (QED) is 0.609. The molecule has 0 saturated heterocycles. The Labute approximate surface area is 163 Å². The van der Waals surface area contributed by atoms with Crippen LogP contribution in [-0.2, 0) is 4.74 Å². The Morgan fingerprint density at radius 2 is 1.82 bits per heavy atom. The van der Waals surface area contributed by atoms with E-state index in [4.69, 9.17) is 4.74 Å². The van der Waals surface area contributed by atoms with E-state index in [-0.39, 0.29) is 12.4 Å². The minimum atomic E-state index is -0.869. The molecule has 2 aromatic rings. The number of Topliss-reactive ketones (excluding diaryl/α,β-unsaturated/α-hetero) is 1. The number of hydrogen-bond donors (Lipinski definition) is 3. The van der Waals surface area contributed by atoms with Gasteiger partial charge in [-0.3, -0.25) is 10.1 Å². The summed E-state index contributed by atoms with van der Waals surface area (Å²) < 4.78 is 19.4. The number of ether oxygens (including phenoxy) is 1. The molecular formula is C21H24FNO5. The molecule has 0 aromatic heterocycles. The van der Waals surface area contributed by atoms with Gasteiger partial charge in [-0.25, -0.2) is 9.18 Å². The topological polar surface area (TPSA) is 95.9 Å². The number of phenols is 1. The molecule has 28 heavy (non-hydrogen) atoms. The van der Waals surface area contributed by atoms with Crippen molar-refractivity contribution in [2.45, 2.75) is 33.3 Å². The van der Waals surface area contributed by atoms with Crippen molar-refractivity contribution >= 4 is 17.6 Å². The SMILES string of the molecule is CC(=O)c1ccc(NC(=O)O[C@@H](c2ccc(O)c(F)c2)C(C)(C)CCO)cc1. The van der Waals surface area contributed by atoms with Crippen LogP contribution in [-0.4, -0.2) is 28.7 Å². The van der Waals surface area contributed by atoms with Gasteiger partial charge in [-0.1, -0.05) is 19.9 Å². The van der Waals surface area contributed by atoms with E-state index >= 15 is 0 Å². The van der Waals surface area contributed by atoms with Gasteiger partial charge in [-0.2, -0.15) is 0 Å². The molecule has 6 nitrogen and oxygen atoms in total. The second-order valence-corrected chi connectivity index (χ2v) is 7.22. The van der Waals surface area contributed by atoms with Crippen molar-refractivity contribution in [3.63, 3.8) is 0 Å². The van der Waals surface area contributed by atoms with Gasteiger partial charge in [0.25, 0.3) is 0 Å². The van der Waals surface area contributed by atoms with Crippen LogP contribution in [0.5, 0.6) is 5.75 Å². The van der Waals surface area contributed by atoms with Crippen LogP contribution in [0, 0.1) is 11.2 Å². The highest BCUT2D eigenvalue weighted by molar-refractivity contribution is 5.95. The first-order chi connectivity index (χ1) is 13.1. The molecule has 0 unspecified atom stereocenters. The summed E-state index contributed by atoms with van der Waals surface area (Å²) >= 11 is 0. The molecule has 0 aliphatic carbocycles. The Morgan fingerprint density at radius 1 is 1.18 bits per heavy atom. The lowest BCUT2D eigenvalue weighted by Crippen LogP contribution is -2.30. The molecule has 0 bridgehead atoms. The summed E-state index contributed by atoms with van der Waals surface area (Å²) in [7, 11) is 0. The zero-order valence-corrected chi connectivity index (χ0v) is 16.0. The van der Waals surface area contributed by atoms with E-state index in [0.29, 0.717) is 23.2 Å². The van der Waals surface area contributed by atoms with E-state index < -0.39 is 29.2 Å². The van der Waals surface area contributed by atoms with Crippen molar-refractivity contribution in [2.75, 3.05) is 11.9 Å². The van der Waals surface area contributed by atoms with E-state index in [1.165, 1.54) is 19.1 Å². The number of aliphatic hydroxyl groups excluding tert-OH is 1. The molecular weight excluding hydrogens is 365 g/mol. The fraction of sp³-hybridized carbons (Fsp3) is 0.333. The van der Waals surface area contributed by atoms with Gasteiger partial charge < -0.3 is 14.9 Å². The lowest BCUT2D eigenvalue weighted by molar-refractivity contribution is 0.0150. The standard InChI is InChI=1S/C21H24FNO5/c1-13(25)14-4-7-16(8-5-14)23-20(27)28-19(21(2,3)10-11-24)15-6-9-18(26)17(22)12-15/h4-9,12,19,24,26H,10-11H2,1-3H3,(H,23,27)/t19-/m0/s1. The zero-order chi connectivity index (χ0) is 20.9. The molecule has 150 valence electrons. The minimum Gasteiger partial charge on any atom is -0.505 e. The predicted octanol–water partition coefficient (Wildman–Crippen LogP) is 4.43. The first kappa shape index (κ1) is 21.4. The Balaban J connectivity index is 2.22. The van der Waals surface area contributed by atoms with Gasteiger partial charge in [0.1, 0.15) is 6.10 Å². The Hall–Kier alpha value is -2.93. The maximum absolute atomic E-state index is 13.8. The number of phenolic OH excluding ortho intramolecular Hbond substituents is 1. The molecule has 0 saturated carbocycles. The summed E-state index contributed by atoms with van der Waals surface area (Å²) in [6, 6.07) is 10.1. The van der Waals surface area contributed by atoms with Crippen LogP contribution in [0.25, 0.3) is 0 Å². The molecule has 2 aromatic carbocycles. The fourth-order valence-corrected chi connectivity index (χ4v) is 2.83. The first-order valence-corrected chi connectivity index (χ1v) is 8.82. The minimum absolute atomic E-state index is 0.0886. The molecule has 1 amide bonds. The van der Waals surface area contributed by atoms with Gasteiger partial charge >= 0.3 is 6.09 Å². The normalized spacial score (nSPS) is 12.3. The number of nitrogens with one attached hydrogen (secondary N) is 1. The first-order valence-electron chi connectivity index (χ1n) is 8.82. The zero-order valence-electron chi connectivity index (χ0n) is 16.0. The molecule has 7 heteroatoms. The van der Waals surface area contributed by atoms with E-state index in [0.717, 1.165) is 6.07 Å². The van der Waals surface area contributed by atoms with E-state index in [9.17, 15) is 24.2 Å². The maximum Gasteiger partial charge on any atom is 0.412 e. The molecule has 3 N–H and O–H groups in total. The van der Waals surface area contributed by atoms with Crippen molar-refractivity contribution < 1.29 is 28.9 Å². The van der Waals surface area contributed by atoms with Gasteiger partial charge in [0.05, 0.1) is 0 Å². The van der Waals surface area contributed by atoms with Crippen LogP contribution in [0.4, 0.5) is 14.9 Å². The van der Waals surface area contributed by atoms with Crippen LogP contribution in [0.3, 0.4) is 0 Å². The molecule has 0 heterocycles. The van der Waals surface area contributed by atoms with Gasteiger partial charge in [-0.15, -0.1) is 0 Å². The number of anilines is 1. The van der Waals surface area contributed by atoms with Gasteiger partial charge in [-0.05, 0) is 55.3 Å². The molecule has 0 fully saturated rings. The monoisotopic (exact) mass is 389 g/mol. The van der Waals surface area contributed by atoms with Crippen LogP contribution in [0.15, 0.2) is 42.5 Å². The average molecular weight is 389 g/mol. The summed E-state index contributed by atoms with van der Waals surface area (Å²) in [5, 5.41) is 21.3. The van der Waals surface area contributed by atoms with Crippen LogP contribution < -0.4 is 5.32 Å². The third-order valence-corrected chi connectivity index (χ3v) is 4.50. The van der Waals surface area contributed by atoms with E-state index in [2.05, 4.69) is 5.32 Å². The van der Waals surface area contributed by atoms with Crippen molar-refractivity contribution in [3.05, 3.63) is 59.4 Å². The Bertz CT molecular complexity index is 848. The van der Waals surface area contributed by atoms with Crippen LogP contribution in [0.1, 0.15) is 49.2 Å². The number of aliphatic hydroxyl groups is 1. The largest absolute Gasteiger partial charge is 0.505 e. The number of hydrogen-bond acceptors (Lipinski definition) is 5. The smallest absolute Gasteiger partial charge is 0.412 e. The Kier molecular flexibility index (Phi) is 6.75. The van der Waals surface area contributed by atoms with E-state index in [1.807, 2.05) is 0 Å². The molecule has 2 rings (SSSR count). The lowest BCUT2D eigenvalue weighted by Gasteiger charge is -2.33. The molecule has 0 spiro atoms. The summed E-state index contributed by atoms with van der Waals surface area (Å²) in [6.45, 7) is 4.88. The number of rotatable bonds is 7. The van der Waals surface area contributed by atoms with Gasteiger partial charge in [0.15, 0.2) is 17.3 Å². The number of halogens is 1. The number of carbonyl (C=O) groups excluding carboxylic acids is 2. The maximum atomic E-state index is 13.8. The van der Waals surface area contributed by atoms with Crippen molar-refractivity contribution in [2.24, 2.45) is 5.41 Å². The summed E-state index contributed by atoms with van der Waals surface area (Å²) in [4.78, 5) is 23.7. The second-order valence-electron chi connectivity index (χ2n) is 7.22. The number of carbonyl (C=O) groups is 2. The van der Waals surface area contributed by atoms with Gasteiger partial charge in [0.2, 0.25) is 0 Å². The summed E-state index contributed by atoms with van der Waals surface area (Å²) in [5.41, 5.74) is 0.607. The Morgan fingerprint density at radius 3 is 2.36 bits per heavy atom. The van der Waals surface area contributed by atoms with Crippen molar-refractivity contribution in [1.29, 1.82) is 0 Å². The second kappa shape index (κ2) is 8.84. The molecule has 0 aliphatic heterocycles. The third kappa shape index (κ3) is 5.29. The highest BCUT2D eigenvalue weighted by atomic mass is 19.1. The van der Waals surface area contributed by atoms with Crippen molar-refractivity contribution in [1.82, 2.24) is 0 Å². The number of amides is 1. The summed E-state index contributed by atoms with van der Waals surface area (Å²) in [5.74, 6) is -1.42. The van der Waals surface area contributed by atoms with Crippen molar-refractivity contribution in [3.8, 4) is 5.75 Å².